The Morgan fingerprint density at radius 2 is 1.82 bits per heavy atom. The molecule has 96 valence electrons. The summed E-state index contributed by atoms with van der Waals surface area (Å²) in [6.07, 6.45) is 1.35. The van der Waals surface area contributed by atoms with E-state index in [-0.39, 0.29) is 0 Å². The Morgan fingerprint density at radius 1 is 1.18 bits per heavy atom. The topological polar surface area (TPSA) is 36.4 Å². The van der Waals surface area contributed by atoms with E-state index in [9.17, 15) is 5.11 Å². The number of aromatic nitrogens is 1. The van der Waals surface area contributed by atoms with E-state index in [0.717, 1.165) is 17.9 Å². The predicted molar refractivity (Wildman–Crippen MR) is 72.2 cm³/mol. The molecule has 17 heavy (non-hydrogen) atoms. The van der Waals surface area contributed by atoms with Crippen molar-refractivity contribution in [3.8, 4) is 0 Å². The molecule has 1 rings (SSSR count). The molecule has 0 fully saturated rings. The lowest BCUT2D eigenvalue weighted by molar-refractivity contribution is 0.194. The molecule has 0 spiro atoms. The summed E-state index contributed by atoms with van der Waals surface area (Å²) in [5.41, 5.74) is 1.85. The number of nitrogens with zero attached hydrogens (tertiary/aromatic N) is 2. The first-order chi connectivity index (χ1) is 7.91. The zero-order valence-electron chi connectivity index (χ0n) is 11.5. The van der Waals surface area contributed by atoms with E-state index in [2.05, 4.69) is 37.6 Å². The lowest BCUT2D eigenvalue weighted by atomic mass is 10.1. The Morgan fingerprint density at radius 3 is 2.18 bits per heavy atom. The molecule has 1 atom stereocenters. The zero-order valence-corrected chi connectivity index (χ0v) is 11.5. The third kappa shape index (κ3) is 4.00. The second kappa shape index (κ2) is 6.01. The van der Waals surface area contributed by atoms with Crippen molar-refractivity contribution in [2.24, 2.45) is 5.92 Å². The highest BCUT2D eigenvalue weighted by atomic mass is 16.3. The van der Waals surface area contributed by atoms with Crippen LogP contribution in [0.15, 0.2) is 18.3 Å². The van der Waals surface area contributed by atoms with Crippen LogP contribution in [0.5, 0.6) is 0 Å². The third-order valence-electron chi connectivity index (χ3n) is 2.72. The van der Waals surface area contributed by atoms with Crippen LogP contribution in [0.4, 0.5) is 5.69 Å². The van der Waals surface area contributed by atoms with Crippen molar-refractivity contribution < 1.29 is 5.11 Å². The van der Waals surface area contributed by atoms with E-state index in [1.165, 1.54) is 0 Å². The van der Waals surface area contributed by atoms with Gasteiger partial charge in [0.2, 0.25) is 0 Å². The largest absolute Gasteiger partial charge is 0.387 e. The van der Waals surface area contributed by atoms with E-state index in [1.54, 1.807) is 6.92 Å². The maximum atomic E-state index is 9.43. The number of anilines is 1. The van der Waals surface area contributed by atoms with Crippen LogP contribution < -0.4 is 4.90 Å². The van der Waals surface area contributed by atoms with Gasteiger partial charge in [0.25, 0.3) is 0 Å². The predicted octanol–water partition coefficient (Wildman–Crippen LogP) is 3.01. The number of aliphatic hydroxyl groups is 1. The number of hydrogen-bond donors (Lipinski definition) is 1. The molecule has 1 N–H and O–H groups in total. The fourth-order valence-electron chi connectivity index (χ4n) is 1.82. The number of hydrogen-bond acceptors (Lipinski definition) is 3. The van der Waals surface area contributed by atoms with E-state index >= 15 is 0 Å². The van der Waals surface area contributed by atoms with Crippen LogP contribution in [-0.2, 0) is 0 Å². The van der Waals surface area contributed by atoms with Crippen molar-refractivity contribution in [3.05, 3.63) is 24.0 Å². The summed E-state index contributed by atoms with van der Waals surface area (Å²) in [7, 11) is 0. The molecule has 0 aliphatic rings. The normalized spacial score (nSPS) is 13.2. The molecular weight excluding hydrogens is 212 g/mol. The maximum Gasteiger partial charge on any atom is 0.0931 e. The molecule has 0 bridgehead atoms. The van der Waals surface area contributed by atoms with Crippen molar-refractivity contribution in [1.29, 1.82) is 0 Å². The van der Waals surface area contributed by atoms with Crippen molar-refractivity contribution in [3.63, 3.8) is 0 Å². The summed E-state index contributed by atoms with van der Waals surface area (Å²) in [5.74, 6) is 0.619. The van der Waals surface area contributed by atoms with Crippen molar-refractivity contribution in [2.45, 2.75) is 46.8 Å². The lowest BCUT2D eigenvalue weighted by Crippen LogP contribution is -2.34. The summed E-state index contributed by atoms with van der Waals surface area (Å²) in [5, 5.41) is 9.43. The highest BCUT2D eigenvalue weighted by Gasteiger charge is 2.13. The van der Waals surface area contributed by atoms with Crippen molar-refractivity contribution >= 4 is 5.69 Å². The first-order valence-corrected chi connectivity index (χ1v) is 6.32. The Bertz CT molecular complexity index is 331. The molecule has 0 amide bonds. The number of rotatable bonds is 5. The molecule has 0 saturated heterocycles. The van der Waals surface area contributed by atoms with Gasteiger partial charge < -0.3 is 10.0 Å². The third-order valence-corrected chi connectivity index (χ3v) is 2.72. The summed E-state index contributed by atoms with van der Waals surface area (Å²) in [6, 6.07) is 4.39. The first kappa shape index (κ1) is 14.0. The van der Waals surface area contributed by atoms with Gasteiger partial charge in [-0.05, 0) is 38.8 Å². The van der Waals surface area contributed by atoms with Crippen LogP contribution in [0.3, 0.4) is 0 Å². The van der Waals surface area contributed by atoms with E-state index in [0.29, 0.717) is 12.0 Å². The quantitative estimate of drug-likeness (QED) is 0.853. The Kier molecular flexibility index (Phi) is 4.94. The fraction of sp³-hybridized carbons (Fsp3) is 0.643. The Hall–Kier alpha value is -1.09. The summed E-state index contributed by atoms with van der Waals surface area (Å²) < 4.78 is 0. The van der Waals surface area contributed by atoms with E-state index in [4.69, 9.17) is 0 Å². The highest BCUT2D eigenvalue weighted by molar-refractivity contribution is 5.45. The minimum absolute atomic E-state index is 0.455. The van der Waals surface area contributed by atoms with Gasteiger partial charge in [-0.2, -0.15) is 0 Å². The van der Waals surface area contributed by atoms with Crippen LogP contribution in [0.25, 0.3) is 0 Å². The molecule has 3 nitrogen and oxygen atoms in total. The highest BCUT2D eigenvalue weighted by Crippen LogP contribution is 2.19. The van der Waals surface area contributed by atoms with Crippen LogP contribution in [-0.4, -0.2) is 22.7 Å². The second-order valence-corrected chi connectivity index (χ2v) is 5.26. The van der Waals surface area contributed by atoms with Gasteiger partial charge in [0.05, 0.1) is 23.7 Å². The van der Waals surface area contributed by atoms with Crippen LogP contribution in [0.1, 0.15) is 46.4 Å². The van der Waals surface area contributed by atoms with Crippen molar-refractivity contribution in [2.75, 3.05) is 11.4 Å². The Labute approximate surface area is 104 Å². The van der Waals surface area contributed by atoms with Crippen LogP contribution >= 0.6 is 0 Å². The van der Waals surface area contributed by atoms with E-state index < -0.39 is 6.10 Å². The van der Waals surface area contributed by atoms with Crippen LogP contribution in [0, 0.1) is 5.92 Å². The molecule has 0 saturated carbocycles. The van der Waals surface area contributed by atoms with Crippen LogP contribution in [0.2, 0.25) is 0 Å². The fourth-order valence-corrected chi connectivity index (χ4v) is 1.82. The molecule has 0 radical (unpaired) electrons. The number of pyridine rings is 1. The zero-order chi connectivity index (χ0) is 13.0. The molecular formula is C14H24N2O. The molecule has 0 aliphatic heterocycles. The van der Waals surface area contributed by atoms with Gasteiger partial charge in [-0.1, -0.05) is 13.8 Å². The van der Waals surface area contributed by atoms with Gasteiger partial charge in [0, 0.05) is 12.6 Å². The molecule has 1 heterocycles. The molecule has 0 aliphatic carbocycles. The van der Waals surface area contributed by atoms with Gasteiger partial charge in [-0.15, -0.1) is 0 Å². The SMILES string of the molecule is CC(C)CN(c1ccc([C@H](C)O)nc1)C(C)C. The van der Waals surface area contributed by atoms with Crippen molar-refractivity contribution in [1.82, 2.24) is 4.98 Å². The molecule has 0 aromatic carbocycles. The Balaban J connectivity index is 2.87. The second-order valence-electron chi connectivity index (χ2n) is 5.26. The van der Waals surface area contributed by atoms with Gasteiger partial charge in [0.1, 0.15) is 0 Å². The van der Waals surface area contributed by atoms with Gasteiger partial charge in [-0.25, -0.2) is 0 Å². The van der Waals surface area contributed by atoms with Gasteiger partial charge in [-0.3, -0.25) is 4.98 Å². The molecule has 3 heteroatoms. The summed E-state index contributed by atoms with van der Waals surface area (Å²) >= 11 is 0. The van der Waals surface area contributed by atoms with E-state index in [1.807, 2.05) is 18.3 Å². The number of aliphatic hydroxyl groups excluding tert-OH is 1. The van der Waals surface area contributed by atoms with Gasteiger partial charge in [0.15, 0.2) is 0 Å². The van der Waals surface area contributed by atoms with Gasteiger partial charge >= 0.3 is 0 Å². The minimum atomic E-state index is -0.498. The first-order valence-electron chi connectivity index (χ1n) is 6.32. The smallest absolute Gasteiger partial charge is 0.0931 e. The average molecular weight is 236 g/mol. The average Bonchev–Trinajstić information content (AvgIpc) is 2.25. The maximum absolute atomic E-state index is 9.43. The molecule has 0 unspecified atom stereocenters. The summed E-state index contributed by atoms with van der Waals surface area (Å²) in [4.78, 5) is 6.63. The lowest BCUT2D eigenvalue weighted by Gasteiger charge is -2.30. The standard InChI is InChI=1S/C14H24N2O/c1-10(2)9-16(11(3)4)13-6-7-14(12(5)17)15-8-13/h6-8,10-12,17H,9H2,1-5H3/t12-/m0/s1. The molecule has 1 aromatic heterocycles. The summed E-state index contributed by atoms with van der Waals surface area (Å²) in [6.45, 7) is 11.6. The monoisotopic (exact) mass is 236 g/mol. The molecule has 1 aromatic rings. The minimum Gasteiger partial charge on any atom is -0.387 e.